The second-order valence-electron chi connectivity index (χ2n) is 7.01. The maximum Gasteiger partial charge on any atom is 0.260 e. The number of amides is 2. The lowest BCUT2D eigenvalue weighted by Gasteiger charge is -2.22. The third-order valence-corrected chi connectivity index (χ3v) is 4.78. The molecule has 1 heterocycles. The third-order valence-electron chi connectivity index (χ3n) is 4.78. The highest BCUT2D eigenvalue weighted by molar-refractivity contribution is 5.80. The monoisotopic (exact) mass is 400 g/mol. The molecule has 0 saturated heterocycles. The molecule has 156 valence electrons. The van der Waals surface area contributed by atoms with Crippen LogP contribution in [-0.4, -0.2) is 59.1 Å². The highest BCUT2D eigenvalue weighted by Gasteiger charge is 2.32. The van der Waals surface area contributed by atoms with Gasteiger partial charge in [-0.3, -0.25) is 9.59 Å². The summed E-state index contributed by atoms with van der Waals surface area (Å²) in [7, 11) is 1.56. The van der Waals surface area contributed by atoms with Crippen LogP contribution in [0.25, 0.3) is 0 Å². The van der Waals surface area contributed by atoms with Gasteiger partial charge in [-0.1, -0.05) is 12.1 Å². The number of nitrogens with one attached hydrogen (secondary N) is 1. The largest absolute Gasteiger partial charge is 0.493 e. The van der Waals surface area contributed by atoms with E-state index in [2.05, 4.69) is 10.3 Å². The number of aryl methyl sites for hydroxylation is 1. The van der Waals surface area contributed by atoms with Crippen LogP contribution in [0.15, 0.2) is 43.0 Å². The van der Waals surface area contributed by atoms with Crippen molar-refractivity contribution in [3.8, 4) is 11.5 Å². The second kappa shape index (κ2) is 10.5. The summed E-state index contributed by atoms with van der Waals surface area (Å²) >= 11 is 0. The highest BCUT2D eigenvalue weighted by Crippen LogP contribution is 2.28. The molecule has 1 aromatic carbocycles. The maximum atomic E-state index is 12.6. The molecule has 0 spiro atoms. The number of carbonyl (C=O) groups is 2. The molecule has 29 heavy (non-hydrogen) atoms. The Labute approximate surface area is 170 Å². The first-order valence-corrected chi connectivity index (χ1v) is 9.95. The van der Waals surface area contributed by atoms with Gasteiger partial charge < -0.3 is 24.3 Å². The molecule has 0 bridgehead atoms. The molecule has 2 amide bonds. The molecule has 1 N–H and O–H groups in total. The SMILES string of the molecule is COc1ccccc1OCC(=O)N(CCC(=O)NCCCn1ccnc1)C1CC1. The Kier molecular flexibility index (Phi) is 7.49. The van der Waals surface area contributed by atoms with Gasteiger partial charge in [-0.25, -0.2) is 4.98 Å². The number of para-hydroxylation sites is 2. The first-order chi connectivity index (χ1) is 14.2. The van der Waals surface area contributed by atoms with E-state index in [4.69, 9.17) is 9.47 Å². The number of benzene rings is 1. The zero-order chi connectivity index (χ0) is 20.5. The van der Waals surface area contributed by atoms with Crippen LogP contribution >= 0.6 is 0 Å². The zero-order valence-electron chi connectivity index (χ0n) is 16.8. The summed E-state index contributed by atoms with van der Waals surface area (Å²) in [6.45, 7) is 1.76. The number of aromatic nitrogens is 2. The van der Waals surface area contributed by atoms with Gasteiger partial charge in [0.25, 0.3) is 5.91 Å². The molecule has 3 rings (SSSR count). The Balaban J connectivity index is 1.38. The molecule has 8 nitrogen and oxygen atoms in total. The third kappa shape index (κ3) is 6.51. The normalized spacial score (nSPS) is 13.0. The van der Waals surface area contributed by atoms with Crippen LogP contribution in [-0.2, 0) is 16.1 Å². The number of methoxy groups -OCH3 is 1. The number of carbonyl (C=O) groups excluding carboxylic acids is 2. The van der Waals surface area contributed by atoms with Crippen LogP contribution in [0.2, 0.25) is 0 Å². The van der Waals surface area contributed by atoms with Crippen molar-refractivity contribution >= 4 is 11.8 Å². The number of nitrogens with zero attached hydrogens (tertiary/aromatic N) is 3. The maximum absolute atomic E-state index is 12.6. The smallest absolute Gasteiger partial charge is 0.260 e. The van der Waals surface area contributed by atoms with Crippen molar-refractivity contribution < 1.29 is 19.1 Å². The van der Waals surface area contributed by atoms with Gasteiger partial charge in [-0.2, -0.15) is 0 Å². The summed E-state index contributed by atoms with van der Waals surface area (Å²) in [5.74, 6) is 0.981. The van der Waals surface area contributed by atoms with Gasteiger partial charge in [0.15, 0.2) is 18.1 Å². The van der Waals surface area contributed by atoms with Crippen molar-refractivity contribution in [1.29, 1.82) is 0 Å². The molecule has 1 fully saturated rings. The second-order valence-corrected chi connectivity index (χ2v) is 7.01. The van der Waals surface area contributed by atoms with E-state index >= 15 is 0 Å². The Bertz CT molecular complexity index is 790. The number of hydrogen-bond donors (Lipinski definition) is 1. The number of rotatable bonds is 12. The Morgan fingerprint density at radius 3 is 2.76 bits per heavy atom. The minimum absolute atomic E-state index is 0.0419. The fraction of sp³-hybridized carbons (Fsp3) is 0.476. The quantitative estimate of drug-likeness (QED) is 0.550. The van der Waals surface area contributed by atoms with Crippen molar-refractivity contribution in [2.24, 2.45) is 0 Å². The Morgan fingerprint density at radius 2 is 2.07 bits per heavy atom. The predicted octanol–water partition coefficient (Wildman–Crippen LogP) is 1.86. The fourth-order valence-electron chi connectivity index (χ4n) is 3.08. The van der Waals surface area contributed by atoms with Crippen molar-refractivity contribution in [3.05, 3.63) is 43.0 Å². The Hall–Kier alpha value is -3.03. The predicted molar refractivity (Wildman–Crippen MR) is 108 cm³/mol. The molecule has 8 heteroatoms. The van der Waals surface area contributed by atoms with Crippen LogP contribution in [0.5, 0.6) is 11.5 Å². The average molecular weight is 400 g/mol. The number of hydrogen-bond acceptors (Lipinski definition) is 5. The summed E-state index contributed by atoms with van der Waals surface area (Å²) in [6.07, 6.45) is 8.48. The van der Waals surface area contributed by atoms with Crippen LogP contribution in [0.1, 0.15) is 25.7 Å². The van der Waals surface area contributed by atoms with Crippen molar-refractivity contribution in [2.75, 3.05) is 26.8 Å². The van der Waals surface area contributed by atoms with Gasteiger partial charge in [-0.05, 0) is 31.4 Å². The molecular weight excluding hydrogens is 372 g/mol. The lowest BCUT2D eigenvalue weighted by molar-refractivity contribution is -0.134. The van der Waals surface area contributed by atoms with Crippen LogP contribution in [0.4, 0.5) is 0 Å². The van der Waals surface area contributed by atoms with Crippen molar-refractivity contribution in [1.82, 2.24) is 19.8 Å². The molecule has 0 atom stereocenters. The van der Waals surface area contributed by atoms with E-state index in [-0.39, 0.29) is 24.5 Å². The lowest BCUT2D eigenvalue weighted by atomic mass is 10.3. The summed E-state index contributed by atoms with van der Waals surface area (Å²) in [5.41, 5.74) is 0. The fourth-order valence-corrected chi connectivity index (χ4v) is 3.08. The summed E-state index contributed by atoms with van der Waals surface area (Å²) < 4.78 is 12.9. The zero-order valence-corrected chi connectivity index (χ0v) is 16.8. The first kappa shape index (κ1) is 20.7. The van der Waals surface area contributed by atoms with Crippen LogP contribution in [0.3, 0.4) is 0 Å². The van der Waals surface area contributed by atoms with Gasteiger partial charge in [0.1, 0.15) is 0 Å². The van der Waals surface area contributed by atoms with Crippen LogP contribution < -0.4 is 14.8 Å². The summed E-state index contributed by atoms with van der Waals surface area (Å²) in [5, 5.41) is 2.91. The highest BCUT2D eigenvalue weighted by atomic mass is 16.5. The first-order valence-electron chi connectivity index (χ1n) is 9.95. The summed E-state index contributed by atoms with van der Waals surface area (Å²) in [6, 6.07) is 7.45. The van der Waals surface area contributed by atoms with E-state index < -0.39 is 0 Å². The molecule has 0 radical (unpaired) electrons. The van der Waals surface area contributed by atoms with E-state index in [1.165, 1.54) is 0 Å². The molecule has 2 aromatic rings. The van der Waals surface area contributed by atoms with E-state index in [0.29, 0.717) is 31.0 Å². The molecular formula is C21H28N4O4. The molecule has 1 aliphatic carbocycles. The average Bonchev–Trinajstić information content (AvgIpc) is 3.44. The van der Waals surface area contributed by atoms with Gasteiger partial charge in [0.05, 0.1) is 13.4 Å². The minimum Gasteiger partial charge on any atom is -0.493 e. The van der Waals surface area contributed by atoms with Gasteiger partial charge >= 0.3 is 0 Å². The minimum atomic E-state index is -0.105. The van der Waals surface area contributed by atoms with E-state index in [9.17, 15) is 9.59 Å². The summed E-state index contributed by atoms with van der Waals surface area (Å²) in [4.78, 5) is 30.5. The Morgan fingerprint density at radius 1 is 1.28 bits per heavy atom. The molecule has 0 aliphatic heterocycles. The van der Waals surface area contributed by atoms with Gasteiger partial charge in [-0.15, -0.1) is 0 Å². The lowest BCUT2D eigenvalue weighted by Crippen LogP contribution is -2.39. The van der Waals surface area contributed by atoms with E-state index in [1.807, 2.05) is 22.9 Å². The molecule has 0 unspecified atom stereocenters. The number of ether oxygens (including phenoxy) is 2. The van der Waals surface area contributed by atoms with Crippen molar-refractivity contribution in [3.63, 3.8) is 0 Å². The van der Waals surface area contributed by atoms with E-state index in [1.54, 1.807) is 36.7 Å². The topological polar surface area (TPSA) is 85.7 Å². The van der Waals surface area contributed by atoms with Gasteiger partial charge in [0.2, 0.25) is 5.91 Å². The van der Waals surface area contributed by atoms with E-state index in [0.717, 1.165) is 25.8 Å². The molecule has 1 saturated carbocycles. The molecule has 1 aromatic heterocycles. The number of imidazole rings is 1. The standard InChI is InChI=1S/C21H28N4O4/c1-28-18-5-2-3-6-19(18)29-15-21(27)25(17-7-8-17)13-9-20(26)23-10-4-12-24-14-11-22-16-24/h2-3,5-6,11,14,16-17H,4,7-10,12-13,15H2,1H3,(H,23,26). The van der Waals surface area contributed by atoms with Gasteiger partial charge in [0, 0.05) is 44.5 Å². The van der Waals surface area contributed by atoms with Crippen molar-refractivity contribution in [2.45, 2.75) is 38.3 Å². The van der Waals surface area contributed by atoms with Crippen LogP contribution in [0, 0.1) is 0 Å². The molecule has 1 aliphatic rings.